The van der Waals surface area contributed by atoms with E-state index in [-0.39, 0.29) is 11.6 Å². The fourth-order valence-corrected chi connectivity index (χ4v) is 2.18. The molecule has 0 aliphatic rings. The van der Waals surface area contributed by atoms with Gasteiger partial charge in [0.15, 0.2) is 0 Å². The van der Waals surface area contributed by atoms with Crippen molar-refractivity contribution in [1.29, 1.82) is 0 Å². The van der Waals surface area contributed by atoms with Crippen molar-refractivity contribution in [3.63, 3.8) is 0 Å². The Hall–Kier alpha value is -1.96. The number of rotatable bonds is 9. The summed E-state index contributed by atoms with van der Waals surface area (Å²) in [5, 5.41) is 11.1. The zero-order chi connectivity index (χ0) is 15.8. The first-order valence-corrected chi connectivity index (χ1v) is 7.27. The maximum Gasteiger partial charge on any atom is 0.329 e. The lowest BCUT2D eigenvalue weighted by Crippen LogP contribution is -2.31. The van der Waals surface area contributed by atoms with E-state index >= 15 is 0 Å². The molecule has 0 aromatic carbocycles. The van der Waals surface area contributed by atoms with Crippen LogP contribution in [-0.2, 0) is 0 Å². The van der Waals surface area contributed by atoms with E-state index in [9.17, 15) is 10.1 Å². The summed E-state index contributed by atoms with van der Waals surface area (Å²) >= 11 is 0. The number of aromatic nitrogens is 2. The number of anilines is 2. The van der Waals surface area contributed by atoms with Crippen LogP contribution in [-0.4, -0.2) is 52.5 Å². The van der Waals surface area contributed by atoms with Crippen LogP contribution in [0, 0.1) is 10.1 Å². The van der Waals surface area contributed by atoms with Crippen LogP contribution >= 0.6 is 0 Å². The Balaban J connectivity index is 2.80. The van der Waals surface area contributed by atoms with Crippen LogP contribution in [0.1, 0.15) is 27.2 Å². The molecule has 21 heavy (non-hydrogen) atoms. The number of hydrogen-bond acceptors (Lipinski definition) is 7. The minimum atomic E-state index is -0.470. The number of nitro groups is 1. The number of nitrogens with zero attached hydrogens (tertiary/aromatic N) is 5. The molecule has 0 amide bonds. The van der Waals surface area contributed by atoms with Crippen LogP contribution in [0.25, 0.3) is 0 Å². The van der Waals surface area contributed by atoms with E-state index in [0.29, 0.717) is 18.9 Å². The van der Waals surface area contributed by atoms with Crippen LogP contribution in [0.15, 0.2) is 6.20 Å². The monoisotopic (exact) mass is 296 g/mol. The van der Waals surface area contributed by atoms with E-state index in [4.69, 9.17) is 5.73 Å². The number of hydrogen-bond donors (Lipinski definition) is 1. The van der Waals surface area contributed by atoms with Gasteiger partial charge in [-0.3, -0.25) is 10.1 Å². The van der Waals surface area contributed by atoms with E-state index in [1.54, 1.807) is 0 Å². The molecule has 2 N–H and O–H groups in total. The summed E-state index contributed by atoms with van der Waals surface area (Å²) in [4.78, 5) is 22.5. The summed E-state index contributed by atoms with van der Waals surface area (Å²) in [5.74, 6) is 0.354. The summed E-state index contributed by atoms with van der Waals surface area (Å²) in [6.07, 6.45) is 2.08. The average Bonchev–Trinajstić information content (AvgIpc) is 2.47. The summed E-state index contributed by atoms with van der Waals surface area (Å²) in [6.45, 7) is 10.5. The maximum atomic E-state index is 11.1. The average molecular weight is 296 g/mol. The summed E-state index contributed by atoms with van der Waals surface area (Å²) in [6, 6.07) is 0. The van der Waals surface area contributed by atoms with Crippen molar-refractivity contribution in [3.8, 4) is 0 Å². The first-order chi connectivity index (χ1) is 10.0. The first-order valence-electron chi connectivity index (χ1n) is 7.27. The standard InChI is InChI=1S/C13H24N6O2/c1-4-17(5-2)8-7-9-18(6-3)12-11(19(20)21)10-15-13(14)16-12/h10H,4-9H2,1-3H3,(H2,14,15,16). The van der Waals surface area contributed by atoms with Crippen molar-refractivity contribution in [1.82, 2.24) is 14.9 Å². The molecule has 1 aromatic rings. The van der Waals surface area contributed by atoms with Gasteiger partial charge in [0.05, 0.1) is 4.92 Å². The predicted octanol–water partition coefficient (Wildman–Crippen LogP) is 1.53. The molecular weight excluding hydrogens is 272 g/mol. The van der Waals surface area contributed by atoms with Crippen LogP contribution in [0.3, 0.4) is 0 Å². The highest BCUT2D eigenvalue weighted by atomic mass is 16.6. The molecule has 8 heteroatoms. The van der Waals surface area contributed by atoms with E-state index < -0.39 is 4.92 Å². The minimum absolute atomic E-state index is 0.0535. The lowest BCUT2D eigenvalue weighted by Gasteiger charge is -2.24. The molecule has 0 atom stereocenters. The second-order valence-electron chi connectivity index (χ2n) is 4.65. The Morgan fingerprint density at radius 3 is 2.43 bits per heavy atom. The van der Waals surface area contributed by atoms with Gasteiger partial charge in [-0.05, 0) is 33.0 Å². The molecule has 118 valence electrons. The zero-order valence-electron chi connectivity index (χ0n) is 12.9. The van der Waals surface area contributed by atoms with E-state index in [2.05, 4.69) is 28.7 Å². The third kappa shape index (κ3) is 4.82. The fourth-order valence-electron chi connectivity index (χ4n) is 2.18. The zero-order valence-corrected chi connectivity index (χ0v) is 12.9. The van der Waals surface area contributed by atoms with Crippen LogP contribution in [0.5, 0.6) is 0 Å². The molecule has 1 aromatic heterocycles. The first kappa shape index (κ1) is 17.1. The highest BCUT2D eigenvalue weighted by Gasteiger charge is 2.21. The van der Waals surface area contributed by atoms with E-state index in [1.807, 2.05) is 11.8 Å². The Morgan fingerprint density at radius 1 is 1.24 bits per heavy atom. The minimum Gasteiger partial charge on any atom is -0.368 e. The van der Waals surface area contributed by atoms with Crippen molar-refractivity contribution in [2.24, 2.45) is 0 Å². The molecule has 0 radical (unpaired) electrons. The van der Waals surface area contributed by atoms with Crippen LogP contribution in [0.2, 0.25) is 0 Å². The third-order valence-corrected chi connectivity index (χ3v) is 3.44. The van der Waals surface area contributed by atoms with Gasteiger partial charge in [-0.2, -0.15) is 4.98 Å². The van der Waals surface area contributed by atoms with Crippen molar-refractivity contribution >= 4 is 17.5 Å². The number of nitrogens with two attached hydrogens (primary N) is 1. The highest BCUT2D eigenvalue weighted by Crippen LogP contribution is 2.25. The molecule has 0 unspecified atom stereocenters. The van der Waals surface area contributed by atoms with Gasteiger partial charge in [0.25, 0.3) is 0 Å². The third-order valence-electron chi connectivity index (χ3n) is 3.44. The SMILES string of the molecule is CCN(CC)CCCN(CC)c1nc(N)ncc1[N+](=O)[O-]. The fraction of sp³-hybridized carbons (Fsp3) is 0.692. The highest BCUT2D eigenvalue weighted by molar-refractivity contribution is 5.58. The summed E-state index contributed by atoms with van der Waals surface area (Å²) < 4.78 is 0. The predicted molar refractivity (Wildman–Crippen MR) is 83.4 cm³/mol. The van der Waals surface area contributed by atoms with Gasteiger partial charge in [-0.1, -0.05) is 13.8 Å². The van der Waals surface area contributed by atoms with Crippen molar-refractivity contribution in [2.45, 2.75) is 27.2 Å². The van der Waals surface area contributed by atoms with Gasteiger partial charge in [0.2, 0.25) is 11.8 Å². The molecular formula is C13H24N6O2. The van der Waals surface area contributed by atoms with Crippen LogP contribution in [0.4, 0.5) is 17.5 Å². The van der Waals surface area contributed by atoms with Gasteiger partial charge >= 0.3 is 5.69 Å². The van der Waals surface area contributed by atoms with Crippen LogP contribution < -0.4 is 10.6 Å². The maximum absolute atomic E-state index is 11.1. The van der Waals surface area contributed by atoms with Gasteiger partial charge < -0.3 is 15.5 Å². The van der Waals surface area contributed by atoms with E-state index in [1.165, 1.54) is 6.20 Å². The molecule has 0 saturated carbocycles. The molecule has 1 heterocycles. The molecule has 0 spiro atoms. The quantitative estimate of drug-likeness (QED) is 0.544. The molecule has 0 bridgehead atoms. The van der Waals surface area contributed by atoms with Crippen molar-refractivity contribution < 1.29 is 4.92 Å². The summed E-state index contributed by atoms with van der Waals surface area (Å²) in [5.41, 5.74) is 5.46. The summed E-state index contributed by atoms with van der Waals surface area (Å²) in [7, 11) is 0. The largest absolute Gasteiger partial charge is 0.368 e. The Kier molecular flexibility index (Phi) is 6.80. The Bertz CT molecular complexity index is 464. The van der Waals surface area contributed by atoms with Gasteiger partial charge in [-0.15, -0.1) is 0 Å². The lowest BCUT2D eigenvalue weighted by molar-refractivity contribution is -0.384. The molecule has 1 rings (SSSR count). The molecule has 0 fully saturated rings. The Labute approximate surface area is 125 Å². The van der Waals surface area contributed by atoms with Gasteiger partial charge in [-0.25, -0.2) is 4.98 Å². The molecule has 0 aliphatic heterocycles. The molecule has 8 nitrogen and oxygen atoms in total. The second-order valence-corrected chi connectivity index (χ2v) is 4.65. The smallest absolute Gasteiger partial charge is 0.329 e. The Morgan fingerprint density at radius 2 is 1.90 bits per heavy atom. The lowest BCUT2D eigenvalue weighted by atomic mass is 10.3. The normalized spacial score (nSPS) is 10.9. The molecule has 0 saturated heterocycles. The van der Waals surface area contributed by atoms with Gasteiger partial charge in [0.1, 0.15) is 6.20 Å². The van der Waals surface area contributed by atoms with Crippen molar-refractivity contribution in [2.75, 3.05) is 43.4 Å². The van der Waals surface area contributed by atoms with Crippen molar-refractivity contribution in [3.05, 3.63) is 16.3 Å². The van der Waals surface area contributed by atoms with E-state index in [0.717, 1.165) is 26.1 Å². The topological polar surface area (TPSA) is 101 Å². The molecule has 0 aliphatic carbocycles. The second kappa shape index (κ2) is 8.35. The number of nitrogen functional groups attached to an aromatic ring is 1. The van der Waals surface area contributed by atoms with Gasteiger partial charge in [0, 0.05) is 13.1 Å².